The molecule has 0 saturated carbocycles. The van der Waals surface area contributed by atoms with E-state index in [2.05, 4.69) is 35.8 Å². The van der Waals surface area contributed by atoms with Crippen LogP contribution in [0, 0.1) is 13.8 Å². The van der Waals surface area contributed by atoms with Gasteiger partial charge in [0.1, 0.15) is 36.9 Å². The Morgan fingerprint density at radius 2 is 1.53 bits per heavy atom. The van der Waals surface area contributed by atoms with E-state index in [1.54, 1.807) is 0 Å². The highest BCUT2D eigenvalue weighted by atomic mass is 31.2. The molecule has 0 bridgehead atoms. The molecule has 19 heteroatoms. The first-order chi connectivity index (χ1) is 22.6. The standard InChI is InChI=1S/C30H47FN5O11PSi/c1-16-12-35(28(40)32-25(16)37)23-10-19(31)22(46-23)15-48(42,34-18(3)27(39)43-7)47-20-11-24(36-13-17(2)26(38)33-29(36)41)45-21(20)14-44-49(8,9)30(4,5)6/h12-13,18-24H,10-11,14-15H2,1-9H3,(H,34,42)(H,32,37,40)(H,33,38,41)/t18-,19+,20+,21-,22-,23-,24-,48?/m1/s1. The minimum atomic E-state index is -4.24. The fourth-order valence-electron chi connectivity index (χ4n) is 5.37. The highest BCUT2D eigenvalue weighted by Crippen LogP contribution is 2.51. The first-order valence-corrected chi connectivity index (χ1v) is 20.7. The summed E-state index contributed by atoms with van der Waals surface area (Å²) in [4.78, 5) is 66.1. The van der Waals surface area contributed by atoms with Crippen LogP contribution in [0.5, 0.6) is 0 Å². The number of H-pyrrole nitrogens is 2. The van der Waals surface area contributed by atoms with Gasteiger partial charge in [-0.25, -0.2) is 19.1 Å². The van der Waals surface area contributed by atoms with Gasteiger partial charge in [0.05, 0.1) is 26.0 Å². The average molecular weight is 732 g/mol. The summed E-state index contributed by atoms with van der Waals surface area (Å²) in [6.45, 7) is 14.7. The van der Waals surface area contributed by atoms with Crippen LogP contribution >= 0.6 is 7.52 Å². The van der Waals surface area contributed by atoms with Gasteiger partial charge in [0.25, 0.3) is 18.6 Å². The number of methoxy groups -OCH3 is 1. The molecule has 0 radical (unpaired) electrons. The molecule has 0 amide bonds. The molecular weight excluding hydrogens is 684 g/mol. The lowest BCUT2D eigenvalue weighted by molar-refractivity contribution is -0.142. The van der Waals surface area contributed by atoms with Gasteiger partial charge in [0.2, 0.25) is 0 Å². The van der Waals surface area contributed by atoms with Gasteiger partial charge in [-0.3, -0.25) is 38.1 Å². The van der Waals surface area contributed by atoms with E-state index in [-0.39, 0.29) is 35.6 Å². The molecule has 2 fully saturated rings. The zero-order valence-electron chi connectivity index (χ0n) is 29.2. The Morgan fingerprint density at radius 3 is 2.04 bits per heavy atom. The SMILES string of the molecule is COC(=O)[C@@H](C)NP(=O)(C[C@H]1O[C@@H](n2cc(C)c(=O)[nH]c2=O)C[C@@H]1F)O[C@H]1C[C@H](n2cc(C)c(=O)[nH]c2=O)O[C@@H]1CO[Si](C)(C)C(C)(C)C. The van der Waals surface area contributed by atoms with Crippen molar-refractivity contribution in [2.75, 3.05) is 19.9 Å². The molecular formula is C30H47FN5O11PSi. The molecule has 8 atom stereocenters. The van der Waals surface area contributed by atoms with Gasteiger partial charge >= 0.3 is 17.3 Å². The van der Waals surface area contributed by atoms with Gasteiger partial charge in [-0.05, 0) is 38.9 Å². The van der Waals surface area contributed by atoms with Crippen molar-refractivity contribution in [2.24, 2.45) is 0 Å². The number of nitrogens with one attached hydrogen (secondary N) is 3. The van der Waals surface area contributed by atoms with Gasteiger partial charge < -0.3 is 23.2 Å². The van der Waals surface area contributed by atoms with E-state index in [0.717, 1.165) is 11.7 Å². The fourth-order valence-corrected chi connectivity index (χ4v) is 8.78. The predicted molar refractivity (Wildman–Crippen MR) is 179 cm³/mol. The summed E-state index contributed by atoms with van der Waals surface area (Å²) in [7, 11) is -5.42. The highest BCUT2D eigenvalue weighted by molar-refractivity contribution is 7.57. The Hall–Kier alpha value is -2.99. The van der Waals surface area contributed by atoms with Crippen LogP contribution in [0.25, 0.3) is 0 Å². The minimum absolute atomic E-state index is 0.00349. The molecule has 2 aliphatic rings. The average Bonchev–Trinajstić information content (AvgIpc) is 3.56. The Balaban J connectivity index is 1.66. The zero-order valence-corrected chi connectivity index (χ0v) is 31.1. The van der Waals surface area contributed by atoms with Crippen molar-refractivity contribution in [1.29, 1.82) is 0 Å². The third-order valence-electron chi connectivity index (χ3n) is 9.34. The Labute approximate surface area is 283 Å². The number of alkyl halides is 1. The summed E-state index contributed by atoms with van der Waals surface area (Å²) in [5, 5.41) is 2.53. The van der Waals surface area contributed by atoms with Crippen LogP contribution in [0.3, 0.4) is 0 Å². The van der Waals surface area contributed by atoms with Crippen molar-refractivity contribution in [3.05, 3.63) is 65.2 Å². The molecule has 2 aromatic heterocycles. The van der Waals surface area contributed by atoms with Crippen molar-refractivity contribution >= 4 is 21.8 Å². The van der Waals surface area contributed by atoms with E-state index in [1.165, 1.54) is 37.7 Å². The lowest BCUT2D eigenvalue weighted by Gasteiger charge is -2.37. The predicted octanol–water partition coefficient (Wildman–Crippen LogP) is 2.37. The number of esters is 1. The topological polar surface area (TPSA) is 202 Å². The van der Waals surface area contributed by atoms with Crippen LogP contribution in [-0.4, -0.2) is 83.8 Å². The van der Waals surface area contributed by atoms with Crippen LogP contribution in [0.2, 0.25) is 18.1 Å². The number of nitrogens with zero attached hydrogens (tertiary/aromatic N) is 2. The quantitative estimate of drug-likeness (QED) is 0.164. The zero-order chi connectivity index (χ0) is 36.6. The van der Waals surface area contributed by atoms with Crippen molar-refractivity contribution in [3.8, 4) is 0 Å². The fraction of sp³-hybridized carbons (Fsp3) is 0.700. The van der Waals surface area contributed by atoms with Crippen molar-refractivity contribution in [2.45, 2.75) is 115 Å². The molecule has 16 nitrogen and oxygen atoms in total. The Morgan fingerprint density at radius 1 is 1.02 bits per heavy atom. The first kappa shape index (κ1) is 38.8. The summed E-state index contributed by atoms with van der Waals surface area (Å²) < 4.78 is 62.2. The number of aryl methyl sites for hydroxylation is 2. The molecule has 0 aromatic carbocycles. The van der Waals surface area contributed by atoms with Gasteiger partial charge in [-0.2, -0.15) is 0 Å². The number of hydrogen-bond acceptors (Lipinski definition) is 11. The monoisotopic (exact) mass is 731 g/mol. The summed E-state index contributed by atoms with van der Waals surface area (Å²) in [6, 6.07) is -1.15. The summed E-state index contributed by atoms with van der Waals surface area (Å²) in [6.07, 6.45) is -5.24. The number of carbonyl (C=O) groups excluding carboxylic acids is 1. The van der Waals surface area contributed by atoms with Gasteiger partial charge in [0.15, 0.2) is 8.32 Å². The molecule has 4 rings (SSSR count). The first-order valence-electron chi connectivity index (χ1n) is 16.0. The number of aromatic nitrogens is 4. The maximum absolute atomic E-state index is 15.6. The number of carbonyl (C=O) groups is 1. The van der Waals surface area contributed by atoms with Gasteiger partial charge in [0, 0.05) is 36.4 Å². The smallest absolute Gasteiger partial charge is 0.330 e. The number of rotatable bonds is 12. The number of aromatic amines is 2. The second-order valence-electron chi connectivity index (χ2n) is 14.1. The summed E-state index contributed by atoms with van der Waals surface area (Å²) in [5.74, 6) is -0.755. The van der Waals surface area contributed by atoms with Gasteiger partial charge in [-0.15, -0.1) is 0 Å². The molecule has 1 unspecified atom stereocenters. The third-order valence-corrected chi connectivity index (χ3v) is 16.1. The molecule has 0 aliphatic carbocycles. The van der Waals surface area contributed by atoms with Crippen LogP contribution in [0.1, 0.15) is 64.1 Å². The number of hydrogen-bond donors (Lipinski definition) is 3. The van der Waals surface area contributed by atoms with Gasteiger partial charge in [-0.1, -0.05) is 20.8 Å². The van der Waals surface area contributed by atoms with Crippen molar-refractivity contribution in [3.63, 3.8) is 0 Å². The lowest BCUT2D eigenvalue weighted by Crippen LogP contribution is -2.44. The minimum Gasteiger partial charge on any atom is -0.468 e. The van der Waals surface area contributed by atoms with E-state index >= 15 is 4.39 Å². The molecule has 4 heterocycles. The third kappa shape index (κ3) is 8.85. The molecule has 2 aliphatic heterocycles. The summed E-state index contributed by atoms with van der Waals surface area (Å²) in [5.41, 5.74) is -2.18. The second-order valence-corrected chi connectivity index (χ2v) is 21.1. The normalized spacial score (nSPS) is 26.4. The molecule has 3 N–H and O–H groups in total. The van der Waals surface area contributed by atoms with E-state index in [0.29, 0.717) is 0 Å². The highest BCUT2D eigenvalue weighted by Gasteiger charge is 2.48. The van der Waals surface area contributed by atoms with Crippen molar-refractivity contribution < 1.29 is 36.9 Å². The van der Waals surface area contributed by atoms with E-state index in [1.807, 2.05) is 13.1 Å². The van der Waals surface area contributed by atoms with E-state index in [4.69, 9.17) is 23.2 Å². The second kappa shape index (κ2) is 14.7. The Bertz CT molecular complexity index is 1820. The van der Waals surface area contributed by atoms with Crippen LogP contribution in [0.15, 0.2) is 31.6 Å². The Kier molecular flexibility index (Phi) is 11.6. The maximum Gasteiger partial charge on any atom is 0.330 e. The largest absolute Gasteiger partial charge is 0.468 e. The molecule has 2 saturated heterocycles. The van der Waals surface area contributed by atoms with Crippen molar-refractivity contribution in [1.82, 2.24) is 24.2 Å². The maximum atomic E-state index is 15.6. The van der Waals surface area contributed by atoms with E-state index < -0.39 is 93.4 Å². The number of halogens is 1. The summed E-state index contributed by atoms with van der Waals surface area (Å²) >= 11 is 0. The molecule has 49 heavy (non-hydrogen) atoms. The number of ether oxygens (including phenoxy) is 3. The lowest BCUT2D eigenvalue weighted by atomic mass is 10.2. The van der Waals surface area contributed by atoms with Crippen LogP contribution in [0.4, 0.5) is 4.39 Å². The molecule has 0 spiro atoms. The molecule has 274 valence electrons. The van der Waals surface area contributed by atoms with Crippen LogP contribution in [-0.2, 0) is 32.5 Å². The molecule has 2 aromatic rings. The van der Waals surface area contributed by atoms with Crippen LogP contribution < -0.4 is 27.6 Å². The van der Waals surface area contributed by atoms with E-state index in [9.17, 15) is 28.5 Å².